The minimum absolute atomic E-state index is 0.114. The van der Waals surface area contributed by atoms with E-state index in [1.807, 2.05) is 11.0 Å². The summed E-state index contributed by atoms with van der Waals surface area (Å²) < 4.78 is 6.03. The topological polar surface area (TPSA) is 36.0 Å². The number of carbonyl (C=O) groups excluding carboxylic acids is 1. The lowest BCUT2D eigenvalue weighted by Crippen LogP contribution is -2.45. The van der Waals surface area contributed by atoms with E-state index >= 15 is 0 Å². The molecule has 0 bridgehead atoms. The summed E-state index contributed by atoms with van der Waals surface area (Å²) in [5.41, 5.74) is 5.02. The molecule has 2 heterocycles. The molecule has 35 heavy (non-hydrogen) atoms. The predicted octanol–water partition coefficient (Wildman–Crippen LogP) is 4.53. The van der Waals surface area contributed by atoms with Gasteiger partial charge in [-0.25, -0.2) is 0 Å². The molecule has 2 fully saturated rings. The lowest BCUT2D eigenvalue weighted by molar-refractivity contribution is -0.133. The van der Waals surface area contributed by atoms with Crippen molar-refractivity contribution in [2.45, 2.75) is 25.4 Å². The number of amides is 1. The van der Waals surface area contributed by atoms with Gasteiger partial charge in [-0.15, -0.1) is 0 Å². The fourth-order valence-corrected chi connectivity index (χ4v) is 5.57. The van der Waals surface area contributed by atoms with Crippen LogP contribution in [0, 0.1) is 5.92 Å². The number of carbonyl (C=O) groups is 1. The van der Waals surface area contributed by atoms with Crippen molar-refractivity contribution in [1.29, 1.82) is 0 Å². The molecule has 0 radical (unpaired) electrons. The molecular weight excluding hydrogens is 434 g/mol. The number of anilines is 1. The minimum Gasteiger partial charge on any atom is -0.491 e. The Morgan fingerprint density at radius 2 is 1.60 bits per heavy atom. The van der Waals surface area contributed by atoms with Gasteiger partial charge in [0.1, 0.15) is 12.4 Å². The summed E-state index contributed by atoms with van der Waals surface area (Å²) in [4.78, 5) is 20.3. The molecule has 5 nitrogen and oxygen atoms in total. The monoisotopic (exact) mass is 467 g/mol. The van der Waals surface area contributed by atoms with Gasteiger partial charge in [0.05, 0.1) is 6.54 Å². The van der Waals surface area contributed by atoms with Crippen LogP contribution in [0.15, 0.2) is 78.9 Å². The summed E-state index contributed by atoms with van der Waals surface area (Å²) in [6.07, 6.45) is 0.960. The number of fused-ring (bicyclic) bond motifs is 1. The zero-order valence-electron chi connectivity index (χ0n) is 20.2. The van der Waals surface area contributed by atoms with Crippen molar-refractivity contribution in [2.24, 2.45) is 5.92 Å². The third kappa shape index (κ3) is 4.92. The van der Waals surface area contributed by atoms with Crippen LogP contribution in [0.25, 0.3) is 0 Å². The molecule has 1 saturated carbocycles. The molecule has 1 aliphatic carbocycles. The molecule has 3 aliphatic rings. The highest BCUT2D eigenvalue weighted by Crippen LogP contribution is 2.48. The molecule has 0 aromatic heterocycles. The van der Waals surface area contributed by atoms with E-state index in [1.54, 1.807) is 0 Å². The van der Waals surface area contributed by atoms with Gasteiger partial charge in [0.2, 0.25) is 5.91 Å². The van der Waals surface area contributed by atoms with Crippen LogP contribution in [0.5, 0.6) is 5.75 Å². The number of hydrogen-bond acceptors (Lipinski definition) is 4. The van der Waals surface area contributed by atoms with Gasteiger partial charge in [-0.05, 0) is 47.7 Å². The van der Waals surface area contributed by atoms with E-state index in [1.165, 1.54) is 16.8 Å². The first-order valence-electron chi connectivity index (χ1n) is 12.9. The number of hydrogen-bond donors (Lipinski definition) is 0. The first-order chi connectivity index (χ1) is 17.2. The summed E-state index contributed by atoms with van der Waals surface area (Å²) in [6.45, 7) is 6.98. The fourth-order valence-electron chi connectivity index (χ4n) is 5.57. The lowest BCUT2D eigenvalue weighted by Gasteiger charge is -2.36. The molecule has 0 unspecified atom stereocenters. The van der Waals surface area contributed by atoms with Gasteiger partial charge in [-0.3, -0.25) is 9.69 Å². The molecule has 180 valence electrons. The van der Waals surface area contributed by atoms with E-state index in [0.717, 1.165) is 50.5 Å². The zero-order valence-corrected chi connectivity index (χ0v) is 20.2. The number of benzene rings is 3. The van der Waals surface area contributed by atoms with Crippen LogP contribution in [0.4, 0.5) is 5.69 Å². The number of rotatable bonds is 5. The third-order valence-corrected chi connectivity index (χ3v) is 7.65. The molecule has 1 amide bonds. The molecule has 6 rings (SSSR count). The maximum absolute atomic E-state index is 13.3. The maximum Gasteiger partial charge on any atom is 0.226 e. The quantitative estimate of drug-likeness (QED) is 0.552. The zero-order chi connectivity index (χ0) is 23.6. The van der Waals surface area contributed by atoms with Crippen molar-refractivity contribution >= 4 is 11.6 Å². The molecule has 2 aliphatic heterocycles. The standard InChI is InChI=1S/C30H33N3O2/c34-30(28-20-27(28)24-7-3-1-4-8-24)33-17-18-35-29-12-11-23(19-25(29)22-33)21-31-13-15-32(16-14-31)26-9-5-2-6-10-26/h1-12,19,27-28H,13-18,20-22H2/t27-,28+/m0/s1. The Morgan fingerprint density at radius 3 is 2.37 bits per heavy atom. The fraction of sp³-hybridized carbons (Fsp3) is 0.367. The Bertz CT molecular complexity index is 1160. The van der Waals surface area contributed by atoms with Crippen LogP contribution in [0.3, 0.4) is 0 Å². The lowest BCUT2D eigenvalue weighted by atomic mass is 10.1. The Labute approximate surface area is 207 Å². The average Bonchev–Trinajstić information content (AvgIpc) is 3.73. The highest BCUT2D eigenvalue weighted by atomic mass is 16.5. The second-order valence-electron chi connectivity index (χ2n) is 10.0. The average molecular weight is 468 g/mol. The highest BCUT2D eigenvalue weighted by molar-refractivity contribution is 5.83. The Kier molecular flexibility index (Phi) is 6.17. The van der Waals surface area contributed by atoms with Crippen molar-refractivity contribution in [2.75, 3.05) is 44.2 Å². The van der Waals surface area contributed by atoms with Crippen molar-refractivity contribution in [1.82, 2.24) is 9.80 Å². The van der Waals surface area contributed by atoms with E-state index in [2.05, 4.69) is 82.6 Å². The molecule has 2 atom stereocenters. The third-order valence-electron chi connectivity index (χ3n) is 7.65. The van der Waals surface area contributed by atoms with Crippen molar-refractivity contribution in [3.63, 3.8) is 0 Å². The highest BCUT2D eigenvalue weighted by Gasteiger charge is 2.45. The smallest absolute Gasteiger partial charge is 0.226 e. The minimum atomic E-state index is 0.114. The van der Waals surface area contributed by atoms with Crippen molar-refractivity contribution in [3.05, 3.63) is 95.6 Å². The first kappa shape index (κ1) is 22.2. The molecule has 0 spiro atoms. The number of ether oxygens (including phenoxy) is 1. The summed E-state index contributed by atoms with van der Waals surface area (Å²) in [5.74, 6) is 1.68. The second kappa shape index (κ2) is 9.74. The van der Waals surface area contributed by atoms with Gasteiger partial charge in [0.25, 0.3) is 0 Å². The summed E-state index contributed by atoms with van der Waals surface area (Å²) in [7, 11) is 0. The SMILES string of the molecule is O=C([C@@H]1C[C@H]1c1ccccc1)N1CCOc2ccc(CN3CCN(c4ccccc4)CC3)cc2C1. The van der Waals surface area contributed by atoms with E-state index < -0.39 is 0 Å². The summed E-state index contributed by atoms with van der Waals surface area (Å²) in [5, 5.41) is 0. The molecule has 5 heteroatoms. The van der Waals surface area contributed by atoms with Gasteiger partial charge in [0.15, 0.2) is 0 Å². The van der Waals surface area contributed by atoms with Gasteiger partial charge in [-0.2, -0.15) is 0 Å². The van der Waals surface area contributed by atoms with Crippen LogP contribution < -0.4 is 9.64 Å². The Balaban J connectivity index is 1.08. The number of nitrogens with zero attached hydrogens (tertiary/aromatic N) is 3. The van der Waals surface area contributed by atoms with E-state index in [9.17, 15) is 4.79 Å². The van der Waals surface area contributed by atoms with Crippen molar-refractivity contribution in [3.8, 4) is 5.75 Å². The second-order valence-corrected chi connectivity index (χ2v) is 10.0. The Hall–Kier alpha value is -3.31. The first-order valence-corrected chi connectivity index (χ1v) is 12.9. The van der Waals surface area contributed by atoms with Gasteiger partial charge in [-0.1, -0.05) is 54.6 Å². The van der Waals surface area contributed by atoms with Gasteiger partial charge in [0, 0.05) is 56.4 Å². The maximum atomic E-state index is 13.3. The van der Waals surface area contributed by atoms with E-state index in [0.29, 0.717) is 25.6 Å². The van der Waals surface area contributed by atoms with Crippen LogP contribution in [-0.4, -0.2) is 55.0 Å². The normalized spacial score (nSPS) is 22.2. The number of para-hydroxylation sites is 1. The van der Waals surface area contributed by atoms with Crippen LogP contribution in [0.2, 0.25) is 0 Å². The van der Waals surface area contributed by atoms with Crippen molar-refractivity contribution < 1.29 is 9.53 Å². The van der Waals surface area contributed by atoms with Crippen LogP contribution >= 0.6 is 0 Å². The largest absolute Gasteiger partial charge is 0.491 e. The van der Waals surface area contributed by atoms with Crippen LogP contribution in [0.1, 0.15) is 29.0 Å². The van der Waals surface area contributed by atoms with E-state index in [4.69, 9.17) is 4.74 Å². The molecular formula is C30H33N3O2. The molecule has 1 saturated heterocycles. The van der Waals surface area contributed by atoms with E-state index in [-0.39, 0.29) is 11.8 Å². The van der Waals surface area contributed by atoms with Gasteiger partial charge < -0.3 is 14.5 Å². The Morgan fingerprint density at radius 1 is 0.857 bits per heavy atom. The van der Waals surface area contributed by atoms with Gasteiger partial charge >= 0.3 is 0 Å². The summed E-state index contributed by atoms with van der Waals surface area (Å²) in [6, 6.07) is 27.7. The number of piperazine rings is 1. The van der Waals surface area contributed by atoms with Crippen LogP contribution in [-0.2, 0) is 17.9 Å². The predicted molar refractivity (Wildman–Crippen MR) is 139 cm³/mol. The molecule has 3 aromatic rings. The molecule has 3 aromatic carbocycles. The summed E-state index contributed by atoms with van der Waals surface area (Å²) >= 11 is 0. The molecule has 0 N–H and O–H groups in total.